The van der Waals surface area contributed by atoms with Gasteiger partial charge in [0.2, 0.25) is 5.91 Å². The molecule has 24 heavy (non-hydrogen) atoms. The average Bonchev–Trinajstić information content (AvgIpc) is 2.53. The summed E-state index contributed by atoms with van der Waals surface area (Å²) in [7, 11) is 0. The normalized spacial score (nSPS) is 10.3. The van der Waals surface area contributed by atoms with Crippen molar-refractivity contribution in [3.05, 3.63) is 64.7 Å². The van der Waals surface area contributed by atoms with Gasteiger partial charge in [0.25, 0.3) is 5.91 Å². The molecule has 126 valence electrons. The van der Waals surface area contributed by atoms with Crippen LogP contribution in [0.5, 0.6) is 0 Å². The van der Waals surface area contributed by atoms with Crippen molar-refractivity contribution in [2.45, 2.75) is 20.4 Å². The number of benzene rings is 2. The number of nitrogens with zero attached hydrogens (tertiary/aromatic N) is 1. The maximum Gasteiger partial charge on any atom is 0.270 e. The lowest BCUT2D eigenvalue weighted by atomic mass is 10.1. The Labute approximate surface area is 141 Å². The Hall–Kier alpha value is -2.86. The van der Waals surface area contributed by atoms with Crippen molar-refractivity contribution < 1.29 is 9.59 Å². The van der Waals surface area contributed by atoms with Crippen LogP contribution in [0.25, 0.3) is 0 Å². The lowest BCUT2D eigenvalue weighted by molar-refractivity contribution is -0.122. The molecule has 0 atom stereocenters. The Bertz CT molecular complexity index is 741. The van der Waals surface area contributed by atoms with E-state index in [-0.39, 0.29) is 18.0 Å². The van der Waals surface area contributed by atoms with E-state index in [9.17, 15) is 9.59 Å². The molecule has 0 radical (unpaired) electrons. The molecule has 0 spiro atoms. The second-order valence-corrected chi connectivity index (χ2v) is 5.79. The van der Waals surface area contributed by atoms with Crippen molar-refractivity contribution in [3.63, 3.8) is 0 Å². The first-order valence-corrected chi connectivity index (χ1v) is 7.62. The lowest BCUT2D eigenvalue weighted by Gasteiger charge is -2.17. The zero-order valence-electron chi connectivity index (χ0n) is 13.9. The first kappa shape index (κ1) is 17.5. The van der Waals surface area contributed by atoms with Gasteiger partial charge in [-0.1, -0.05) is 35.9 Å². The van der Waals surface area contributed by atoms with E-state index < -0.39 is 5.91 Å². The minimum Gasteiger partial charge on any atom is -0.398 e. The molecule has 0 aliphatic heterocycles. The largest absolute Gasteiger partial charge is 0.398 e. The van der Waals surface area contributed by atoms with Crippen molar-refractivity contribution in [1.29, 1.82) is 0 Å². The van der Waals surface area contributed by atoms with E-state index in [4.69, 9.17) is 11.6 Å². The summed E-state index contributed by atoms with van der Waals surface area (Å²) in [4.78, 5) is 24.2. The van der Waals surface area contributed by atoms with E-state index in [2.05, 4.69) is 5.32 Å². The van der Waals surface area contributed by atoms with Gasteiger partial charge in [0.15, 0.2) is 0 Å². The van der Waals surface area contributed by atoms with E-state index in [1.165, 1.54) is 0 Å². The van der Waals surface area contributed by atoms with E-state index in [1.807, 2.05) is 38.1 Å². The zero-order chi connectivity index (χ0) is 17.7. The smallest absolute Gasteiger partial charge is 0.270 e. The van der Waals surface area contributed by atoms with Gasteiger partial charge in [-0.15, -0.1) is 0 Å². The Balaban J connectivity index is 1.90. The molecule has 0 aliphatic carbocycles. The van der Waals surface area contributed by atoms with E-state index in [0.29, 0.717) is 12.2 Å². The second kappa shape index (κ2) is 7.61. The van der Waals surface area contributed by atoms with Gasteiger partial charge >= 0.3 is 0 Å². The predicted molar refractivity (Wildman–Crippen MR) is 93.8 cm³/mol. The molecule has 0 fully saturated rings. The maximum absolute atomic E-state index is 12.3. The van der Waals surface area contributed by atoms with Gasteiger partial charge in [-0.3, -0.25) is 14.6 Å². The number of aryl methyl sites for hydroxylation is 2. The highest BCUT2D eigenvalue weighted by Crippen LogP contribution is 2.15. The van der Waals surface area contributed by atoms with Crippen LogP contribution in [-0.4, -0.2) is 23.4 Å². The van der Waals surface area contributed by atoms with Crippen LogP contribution in [0.1, 0.15) is 27.0 Å². The highest BCUT2D eigenvalue weighted by Gasteiger charge is 2.17. The van der Waals surface area contributed by atoms with Gasteiger partial charge < -0.3 is 11.1 Å². The van der Waals surface area contributed by atoms with Crippen LogP contribution in [0.15, 0.2) is 42.5 Å². The molecule has 2 rings (SSSR count). The van der Waals surface area contributed by atoms with Crippen molar-refractivity contribution in [3.8, 4) is 0 Å². The van der Waals surface area contributed by atoms with E-state index >= 15 is 0 Å². The standard InChI is InChI=1S/C18H22N4O2/c1-12-3-6-14(7-4-12)10-21-17(23)11-22(20)18(24)15-8-5-13(2)9-16(15)19/h3-9H,10-11,19-20H2,1-2H3,(H,21,23). The molecule has 2 aromatic rings. The van der Waals surface area contributed by atoms with Crippen LogP contribution in [0.2, 0.25) is 0 Å². The predicted octanol–water partition coefficient (Wildman–Crippen LogP) is 1.52. The van der Waals surface area contributed by atoms with E-state index in [0.717, 1.165) is 21.7 Å². The van der Waals surface area contributed by atoms with Crippen LogP contribution >= 0.6 is 0 Å². The molecule has 0 aliphatic rings. The summed E-state index contributed by atoms with van der Waals surface area (Å²) < 4.78 is 0. The molecule has 0 saturated heterocycles. The number of carbonyl (C=O) groups excluding carboxylic acids is 2. The fourth-order valence-corrected chi connectivity index (χ4v) is 2.22. The molecule has 0 unspecified atom stereocenters. The van der Waals surface area contributed by atoms with Gasteiger partial charge in [0, 0.05) is 12.2 Å². The number of amides is 2. The van der Waals surface area contributed by atoms with Crippen molar-refractivity contribution in [1.82, 2.24) is 10.3 Å². The Morgan fingerprint density at radius 3 is 2.29 bits per heavy atom. The summed E-state index contributed by atoms with van der Waals surface area (Å²) in [5.41, 5.74) is 9.54. The molecular formula is C18H22N4O2. The summed E-state index contributed by atoms with van der Waals surface area (Å²) in [6.45, 7) is 4.02. The number of anilines is 1. The number of hydrogen-bond acceptors (Lipinski definition) is 4. The van der Waals surface area contributed by atoms with Gasteiger partial charge in [0.05, 0.1) is 5.56 Å². The Morgan fingerprint density at radius 1 is 1.04 bits per heavy atom. The van der Waals surface area contributed by atoms with Crippen LogP contribution < -0.4 is 16.9 Å². The number of hydrogen-bond donors (Lipinski definition) is 3. The molecular weight excluding hydrogens is 304 g/mol. The number of carbonyl (C=O) groups is 2. The maximum atomic E-state index is 12.3. The number of hydrazine groups is 1. The van der Waals surface area contributed by atoms with Gasteiger partial charge in [-0.2, -0.15) is 0 Å². The number of nitrogens with two attached hydrogens (primary N) is 2. The van der Waals surface area contributed by atoms with Crippen LogP contribution in [-0.2, 0) is 11.3 Å². The number of rotatable bonds is 5. The van der Waals surface area contributed by atoms with E-state index in [1.54, 1.807) is 18.2 Å². The average molecular weight is 326 g/mol. The summed E-state index contributed by atoms with van der Waals surface area (Å²) in [5.74, 6) is 4.89. The highest BCUT2D eigenvalue weighted by molar-refractivity contribution is 6.00. The first-order valence-electron chi connectivity index (χ1n) is 7.62. The number of nitrogens with one attached hydrogen (secondary N) is 1. The molecule has 0 bridgehead atoms. The quantitative estimate of drug-likeness (QED) is 0.335. The fraction of sp³-hybridized carbons (Fsp3) is 0.222. The van der Waals surface area contributed by atoms with Crippen molar-refractivity contribution >= 4 is 17.5 Å². The molecule has 6 nitrogen and oxygen atoms in total. The molecule has 0 saturated carbocycles. The fourth-order valence-electron chi connectivity index (χ4n) is 2.22. The third-order valence-corrected chi connectivity index (χ3v) is 3.62. The van der Waals surface area contributed by atoms with Crippen LogP contribution in [0.4, 0.5) is 5.69 Å². The molecule has 5 N–H and O–H groups in total. The molecule has 0 aromatic heterocycles. The third kappa shape index (κ3) is 4.57. The monoisotopic (exact) mass is 326 g/mol. The van der Waals surface area contributed by atoms with Gasteiger partial charge in [0.1, 0.15) is 6.54 Å². The Kier molecular flexibility index (Phi) is 5.55. The van der Waals surface area contributed by atoms with Crippen molar-refractivity contribution in [2.24, 2.45) is 5.84 Å². The molecule has 6 heteroatoms. The van der Waals surface area contributed by atoms with Crippen LogP contribution in [0, 0.1) is 13.8 Å². The first-order chi connectivity index (χ1) is 11.4. The van der Waals surface area contributed by atoms with Gasteiger partial charge in [-0.05, 0) is 37.1 Å². The number of nitrogen functional groups attached to an aromatic ring is 1. The SMILES string of the molecule is Cc1ccc(CNC(=O)CN(N)C(=O)c2ccc(C)cc2N)cc1. The summed E-state index contributed by atoms with van der Waals surface area (Å²) in [6, 6.07) is 12.9. The molecule has 2 aromatic carbocycles. The zero-order valence-corrected chi connectivity index (χ0v) is 13.9. The topological polar surface area (TPSA) is 101 Å². The van der Waals surface area contributed by atoms with Crippen LogP contribution in [0.3, 0.4) is 0 Å². The summed E-state index contributed by atoms with van der Waals surface area (Å²) in [6.07, 6.45) is 0. The second-order valence-electron chi connectivity index (χ2n) is 5.79. The van der Waals surface area contributed by atoms with Gasteiger partial charge in [-0.25, -0.2) is 5.84 Å². The molecule has 2 amide bonds. The minimum absolute atomic E-state index is 0.238. The third-order valence-electron chi connectivity index (χ3n) is 3.62. The highest BCUT2D eigenvalue weighted by atomic mass is 16.2. The summed E-state index contributed by atoms with van der Waals surface area (Å²) >= 11 is 0. The Morgan fingerprint density at radius 2 is 1.67 bits per heavy atom. The van der Waals surface area contributed by atoms with Crippen molar-refractivity contribution in [2.75, 3.05) is 12.3 Å². The summed E-state index contributed by atoms with van der Waals surface area (Å²) in [5, 5.41) is 3.60. The lowest BCUT2D eigenvalue weighted by Crippen LogP contribution is -2.45. The minimum atomic E-state index is -0.488. The molecule has 0 heterocycles.